The van der Waals surface area contributed by atoms with Crippen LogP contribution in [0, 0.1) is 0 Å². The van der Waals surface area contributed by atoms with Gasteiger partial charge in [0.1, 0.15) is 21.3 Å². The lowest BCUT2D eigenvalue weighted by atomic mass is 10.1. The molecule has 1 N–H and O–H groups in total. The highest BCUT2D eigenvalue weighted by Gasteiger charge is 2.34. The smallest absolute Gasteiger partial charge is 0.214 e. The van der Waals surface area contributed by atoms with Gasteiger partial charge in [-0.25, -0.2) is 8.42 Å². The van der Waals surface area contributed by atoms with E-state index in [1.807, 2.05) is 0 Å². The number of aliphatic hydroxyl groups is 1. The molecule has 2 aromatic carbocycles. The molecular formula is C14H12O4S. The normalized spacial score (nSPS) is 16.9. The molecule has 1 atom stereocenters. The molecule has 0 radical (unpaired) electrons. The summed E-state index contributed by atoms with van der Waals surface area (Å²) in [5.74, 6) is 0.579. The summed E-state index contributed by atoms with van der Waals surface area (Å²) in [7, 11) is -3.66. The van der Waals surface area contributed by atoms with Crippen LogP contribution in [-0.2, 0) is 9.84 Å². The molecule has 1 heterocycles. The Balaban J connectivity index is 2.36. The molecule has 2 aromatic rings. The van der Waals surface area contributed by atoms with Crippen LogP contribution in [0.1, 0.15) is 18.6 Å². The molecule has 0 saturated heterocycles. The first kappa shape index (κ1) is 12.2. The summed E-state index contributed by atoms with van der Waals surface area (Å²) >= 11 is 0. The molecule has 3 rings (SSSR count). The number of para-hydroxylation sites is 1. The molecule has 0 amide bonds. The molecule has 19 heavy (non-hydrogen) atoms. The lowest BCUT2D eigenvalue weighted by Crippen LogP contribution is -2.14. The minimum atomic E-state index is -3.66. The summed E-state index contributed by atoms with van der Waals surface area (Å²) < 4.78 is 30.9. The zero-order chi connectivity index (χ0) is 13.6. The van der Waals surface area contributed by atoms with Gasteiger partial charge in [0.05, 0.1) is 6.10 Å². The molecule has 0 aromatic heterocycles. The van der Waals surface area contributed by atoms with E-state index in [0.29, 0.717) is 11.3 Å². The van der Waals surface area contributed by atoms with Crippen molar-refractivity contribution in [2.24, 2.45) is 0 Å². The molecule has 1 aliphatic heterocycles. The second-order valence-corrected chi connectivity index (χ2v) is 6.26. The monoisotopic (exact) mass is 276 g/mol. The van der Waals surface area contributed by atoms with E-state index in [0.717, 1.165) is 0 Å². The minimum absolute atomic E-state index is 0.0590. The molecule has 0 fully saturated rings. The van der Waals surface area contributed by atoms with E-state index < -0.39 is 15.9 Å². The Labute approximate surface area is 111 Å². The zero-order valence-electron chi connectivity index (χ0n) is 10.2. The fourth-order valence-electron chi connectivity index (χ4n) is 2.21. The highest BCUT2D eigenvalue weighted by Crippen LogP contribution is 2.44. The van der Waals surface area contributed by atoms with Crippen LogP contribution in [0.25, 0.3) is 0 Å². The van der Waals surface area contributed by atoms with Gasteiger partial charge in [0.2, 0.25) is 9.84 Å². The maximum absolute atomic E-state index is 12.6. The highest BCUT2D eigenvalue weighted by molar-refractivity contribution is 7.91. The Morgan fingerprint density at radius 3 is 2.47 bits per heavy atom. The number of sulfone groups is 1. The number of benzene rings is 2. The van der Waals surface area contributed by atoms with Gasteiger partial charge in [-0.05, 0) is 25.1 Å². The van der Waals surface area contributed by atoms with Crippen molar-refractivity contribution >= 4 is 9.84 Å². The second kappa shape index (κ2) is 4.08. The molecule has 0 aliphatic carbocycles. The minimum Gasteiger partial charge on any atom is -0.455 e. The summed E-state index contributed by atoms with van der Waals surface area (Å²) in [6, 6.07) is 11.3. The largest absolute Gasteiger partial charge is 0.455 e. The van der Waals surface area contributed by atoms with Gasteiger partial charge >= 0.3 is 0 Å². The summed E-state index contributed by atoms with van der Waals surface area (Å²) in [5, 5.41) is 9.74. The Morgan fingerprint density at radius 1 is 1.05 bits per heavy atom. The van der Waals surface area contributed by atoms with Gasteiger partial charge in [-0.15, -0.1) is 0 Å². The van der Waals surface area contributed by atoms with Crippen LogP contribution in [0.4, 0.5) is 0 Å². The molecule has 0 spiro atoms. The first-order valence-electron chi connectivity index (χ1n) is 5.85. The van der Waals surface area contributed by atoms with Crippen LogP contribution >= 0.6 is 0 Å². The van der Waals surface area contributed by atoms with E-state index in [-0.39, 0.29) is 15.5 Å². The SMILES string of the molecule is C[C@H](O)c1cccc2c1S(=O)(=O)c1ccccc1O2. The van der Waals surface area contributed by atoms with Gasteiger partial charge < -0.3 is 9.84 Å². The first-order chi connectivity index (χ1) is 9.01. The number of ether oxygens (including phenoxy) is 1. The lowest BCUT2D eigenvalue weighted by molar-refractivity contribution is 0.195. The van der Waals surface area contributed by atoms with Crippen LogP contribution in [0.2, 0.25) is 0 Å². The lowest BCUT2D eigenvalue weighted by Gasteiger charge is -2.23. The fourth-order valence-corrected chi connectivity index (χ4v) is 3.99. The Kier molecular flexibility index (Phi) is 2.62. The van der Waals surface area contributed by atoms with Gasteiger partial charge in [0.25, 0.3) is 0 Å². The van der Waals surface area contributed by atoms with Crippen molar-refractivity contribution < 1.29 is 18.3 Å². The van der Waals surface area contributed by atoms with Gasteiger partial charge in [-0.1, -0.05) is 24.3 Å². The summed E-state index contributed by atoms with van der Waals surface area (Å²) in [4.78, 5) is 0.194. The number of hydrogen-bond donors (Lipinski definition) is 1. The second-order valence-electron chi connectivity index (χ2n) is 4.40. The topological polar surface area (TPSA) is 63.6 Å². The zero-order valence-corrected chi connectivity index (χ0v) is 11.0. The van der Waals surface area contributed by atoms with Crippen molar-refractivity contribution in [3.63, 3.8) is 0 Å². The van der Waals surface area contributed by atoms with Gasteiger partial charge in [0, 0.05) is 5.56 Å². The molecular weight excluding hydrogens is 264 g/mol. The Morgan fingerprint density at radius 2 is 1.74 bits per heavy atom. The highest BCUT2D eigenvalue weighted by atomic mass is 32.2. The van der Waals surface area contributed by atoms with Crippen molar-refractivity contribution in [1.82, 2.24) is 0 Å². The van der Waals surface area contributed by atoms with Crippen LogP contribution in [-0.4, -0.2) is 13.5 Å². The Hall–Kier alpha value is -1.85. The van der Waals surface area contributed by atoms with E-state index in [2.05, 4.69) is 0 Å². The third kappa shape index (κ3) is 1.74. The van der Waals surface area contributed by atoms with Crippen LogP contribution in [0.5, 0.6) is 11.5 Å². The van der Waals surface area contributed by atoms with Crippen LogP contribution in [0.3, 0.4) is 0 Å². The summed E-state index contributed by atoms with van der Waals surface area (Å²) in [5.41, 5.74) is 0.354. The van der Waals surface area contributed by atoms with E-state index in [4.69, 9.17) is 4.74 Å². The third-order valence-electron chi connectivity index (χ3n) is 3.09. The maximum Gasteiger partial charge on any atom is 0.214 e. The number of rotatable bonds is 1. The van der Waals surface area contributed by atoms with Crippen LogP contribution < -0.4 is 4.74 Å². The van der Waals surface area contributed by atoms with Crippen molar-refractivity contribution in [2.45, 2.75) is 22.8 Å². The van der Waals surface area contributed by atoms with Crippen molar-refractivity contribution in [2.75, 3.05) is 0 Å². The predicted octanol–water partition coefficient (Wildman–Crippen LogP) is 2.68. The molecule has 98 valence electrons. The van der Waals surface area contributed by atoms with Crippen molar-refractivity contribution in [1.29, 1.82) is 0 Å². The molecule has 0 saturated carbocycles. The Bertz CT molecular complexity index is 748. The van der Waals surface area contributed by atoms with Crippen molar-refractivity contribution in [3.05, 3.63) is 48.0 Å². The predicted molar refractivity (Wildman–Crippen MR) is 69.0 cm³/mol. The van der Waals surface area contributed by atoms with Gasteiger partial charge in [-0.3, -0.25) is 0 Å². The number of fused-ring (bicyclic) bond motifs is 2. The molecule has 4 nitrogen and oxygen atoms in total. The van der Waals surface area contributed by atoms with Gasteiger partial charge in [-0.2, -0.15) is 0 Å². The van der Waals surface area contributed by atoms with E-state index in [1.54, 1.807) is 36.4 Å². The average Bonchev–Trinajstić information content (AvgIpc) is 2.38. The summed E-state index contributed by atoms with van der Waals surface area (Å²) in [6.07, 6.45) is -0.876. The number of aliphatic hydroxyl groups excluding tert-OH is 1. The quantitative estimate of drug-likeness (QED) is 0.742. The molecule has 0 bridgehead atoms. The van der Waals surface area contributed by atoms with Gasteiger partial charge in [0.15, 0.2) is 0 Å². The number of hydrogen-bond acceptors (Lipinski definition) is 4. The summed E-state index contributed by atoms with van der Waals surface area (Å²) in [6.45, 7) is 1.53. The average molecular weight is 276 g/mol. The van der Waals surface area contributed by atoms with E-state index in [1.165, 1.54) is 13.0 Å². The molecule has 0 unspecified atom stereocenters. The van der Waals surface area contributed by atoms with Crippen LogP contribution in [0.15, 0.2) is 52.3 Å². The van der Waals surface area contributed by atoms with Crippen molar-refractivity contribution in [3.8, 4) is 11.5 Å². The van der Waals surface area contributed by atoms with E-state index >= 15 is 0 Å². The third-order valence-corrected chi connectivity index (χ3v) is 4.98. The maximum atomic E-state index is 12.6. The molecule has 1 aliphatic rings. The standard InChI is InChI=1S/C14H12O4S/c1-9(15)10-5-4-7-12-14(10)19(16,17)13-8-3-2-6-11(13)18-12/h2-9,15H,1H3/t9-/m0/s1. The molecule has 5 heteroatoms. The first-order valence-corrected chi connectivity index (χ1v) is 7.33. The van der Waals surface area contributed by atoms with E-state index in [9.17, 15) is 13.5 Å². The fraction of sp³-hybridized carbons (Fsp3) is 0.143.